The molecule has 1 N–H and O–H groups in total. The molecule has 1 aromatic heterocycles. The van der Waals surface area contributed by atoms with Crippen LogP contribution in [0.25, 0.3) is 11.5 Å². The fraction of sp³-hybridized carbons (Fsp3) is 0.158. The third kappa shape index (κ3) is 3.46. The van der Waals surface area contributed by atoms with Crippen LogP contribution in [0.15, 0.2) is 59.2 Å². The maximum atomic E-state index is 12.4. The number of anilines is 1. The quantitative estimate of drug-likeness (QED) is 0.760. The van der Waals surface area contributed by atoms with E-state index in [1.54, 1.807) is 0 Å². The zero-order valence-corrected chi connectivity index (χ0v) is 13.6. The maximum Gasteiger partial charge on any atom is 0.277 e. The van der Waals surface area contributed by atoms with Gasteiger partial charge in [-0.2, -0.15) is 0 Å². The molecule has 1 amide bonds. The Morgan fingerprint density at radius 3 is 2.71 bits per heavy atom. The predicted octanol–water partition coefficient (Wildman–Crippen LogP) is 4.30. The first-order chi connectivity index (χ1) is 11.7. The molecule has 5 nitrogen and oxygen atoms in total. The van der Waals surface area contributed by atoms with Crippen molar-refractivity contribution in [1.82, 2.24) is 4.98 Å². The highest BCUT2D eigenvalue weighted by atomic mass is 16.5. The van der Waals surface area contributed by atoms with Crippen molar-refractivity contribution in [2.24, 2.45) is 0 Å². The Hall–Kier alpha value is -3.08. The van der Waals surface area contributed by atoms with Crippen LogP contribution in [-0.4, -0.2) is 17.5 Å². The van der Waals surface area contributed by atoms with Crippen LogP contribution in [0, 0.1) is 6.92 Å². The summed E-state index contributed by atoms with van der Waals surface area (Å²) in [4.78, 5) is 16.6. The lowest BCUT2D eigenvalue weighted by atomic mass is 10.2. The van der Waals surface area contributed by atoms with Crippen molar-refractivity contribution in [2.45, 2.75) is 13.8 Å². The lowest BCUT2D eigenvalue weighted by molar-refractivity contribution is 0.102. The van der Waals surface area contributed by atoms with Gasteiger partial charge in [-0.15, -0.1) is 0 Å². The first kappa shape index (κ1) is 15.8. The van der Waals surface area contributed by atoms with Gasteiger partial charge in [0, 0.05) is 11.3 Å². The summed E-state index contributed by atoms with van der Waals surface area (Å²) in [5.41, 5.74) is 2.70. The van der Waals surface area contributed by atoms with E-state index in [9.17, 15) is 4.79 Å². The number of hydrogen-bond acceptors (Lipinski definition) is 4. The molecule has 0 aliphatic rings. The predicted molar refractivity (Wildman–Crippen MR) is 92.2 cm³/mol. The van der Waals surface area contributed by atoms with Gasteiger partial charge in [0.1, 0.15) is 12.0 Å². The van der Waals surface area contributed by atoms with E-state index in [-0.39, 0.29) is 11.6 Å². The minimum atomic E-state index is -0.312. The molecule has 0 unspecified atom stereocenters. The highest BCUT2D eigenvalue weighted by Crippen LogP contribution is 2.23. The molecule has 122 valence electrons. The Morgan fingerprint density at radius 2 is 2.00 bits per heavy atom. The second kappa shape index (κ2) is 7.00. The number of amides is 1. The summed E-state index contributed by atoms with van der Waals surface area (Å²) >= 11 is 0. The number of nitrogens with one attached hydrogen (secondary N) is 1. The number of oxazole rings is 1. The van der Waals surface area contributed by atoms with Crippen LogP contribution in [0.1, 0.15) is 23.0 Å². The van der Waals surface area contributed by atoms with Gasteiger partial charge in [0.25, 0.3) is 5.91 Å². The molecule has 24 heavy (non-hydrogen) atoms. The molecule has 1 heterocycles. The van der Waals surface area contributed by atoms with Crippen LogP contribution in [-0.2, 0) is 0 Å². The summed E-state index contributed by atoms with van der Waals surface area (Å²) in [5, 5.41) is 2.84. The number of benzene rings is 2. The van der Waals surface area contributed by atoms with Gasteiger partial charge in [0.2, 0.25) is 5.89 Å². The molecule has 5 heteroatoms. The van der Waals surface area contributed by atoms with E-state index < -0.39 is 0 Å². The van der Waals surface area contributed by atoms with Crippen molar-refractivity contribution in [3.63, 3.8) is 0 Å². The van der Waals surface area contributed by atoms with Crippen LogP contribution in [0.2, 0.25) is 0 Å². The van der Waals surface area contributed by atoms with Crippen molar-refractivity contribution in [3.05, 3.63) is 66.1 Å². The van der Waals surface area contributed by atoms with E-state index in [2.05, 4.69) is 10.3 Å². The zero-order valence-electron chi connectivity index (χ0n) is 13.6. The van der Waals surface area contributed by atoms with Gasteiger partial charge in [0.05, 0.1) is 6.61 Å². The first-order valence-corrected chi connectivity index (χ1v) is 7.73. The largest absolute Gasteiger partial charge is 0.494 e. The van der Waals surface area contributed by atoms with E-state index in [0.29, 0.717) is 18.2 Å². The molecule has 2 aromatic carbocycles. The average molecular weight is 322 g/mol. The number of hydrogen-bond donors (Lipinski definition) is 1. The fourth-order valence-corrected chi connectivity index (χ4v) is 2.31. The Labute approximate surface area is 140 Å². The molecule has 0 aliphatic carbocycles. The van der Waals surface area contributed by atoms with E-state index in [1.807, 2.05) is 62.4 Å². The molecule has 0 aliphatic heterocycles. The number of aryl methyl sites for hydroxylation is 1. The van der Waals surface area contributed by atoms with Gasteiger partial charge in [-0.1, -0.05) is 18.2 Å². The normalized spacial score (nSPS) is 10.4. The van der Waals surface area contributed by atoms with Crippen LogP contribution in [0.4, 0.5) is 5.69 Å². The number of carbonyl (C=O) groups is 1. The lowest BCUT2D eigenvalue weighted by Crippen LogP contribution is -2.13. The minimum absolute atomic E-state index is 0.238. The molecule has 0 radical (unpaired) electrons. The van der Waals surface area contributed by atoms with Gasteiger partial charge < -0.3 is 14.5 Å². The van der Waals surface area contributed by atoms with Gasteiger partial charge in [-0.05, 0) is 49.7 Å². The Balaban J connectivity index is 1.75. The van der Waals surface area contributed by atoms with E-state index >= 15 is 0 Å². The second-order valence-electron chi connectivity index (χ2n) is 5.27. The summed E-state index contributed by atoms with van der Waals surface area (Å²) in [6.07, 6.45) is 1.36. The van der Waals surface area contributed by atoms with Gasteiger partial charge in [0.15, 0.2) is 5.69 Å². The van der Waals surface area contributed by atoms with Crippen molar-refractivity contribution in [2.75, 3.05) is 11.9 Å². The maximum absolute atomic E-state index is 12.4. The summed E-state index contributed by atoms with van der Waals surface area (Å²) in [6, 6.07) is 15.0. The summed E-state index contributed by atoms with van der Waals surface area (Å²) in [5.74, 6) is 0.887. The minimum Gasteiger partial charge on any atom is -0.494 e. The Bertz CT molecular complexity index is 841. The SMILES string of the molecule is CCOc1ccc(NC(=O)c2coc(-c3ccccc3)n2)c(C)c1. The summed E-state index contributed by atoms with van der Waals surface area (Å²) in [6.45, 7) is 4.45. The third-order valence-corrected chi connectivity index (χ3v) is 3.51. The van der Waals surface area contributed by atoms with Crippen LogP contribution in [0.5, 0.6) is 5.75 Å². The van der Waals surface area contributed by atoms with Crippen molar-refractivity contribution < 1.29 is 13.9 Å². The molecular formula is C19H18N2O3. The molecular weight excluding hydrogens is 304 g/mol. The van der Waals surface area contributed by atoms with Gasteiger partial charge in [-0.25, -0.2) is 4.98 Å². The van der Waals surface area contributed by atoms with Gasteiger partial charge >= 0.3 is 0 Å². The standard InChI is InChI=1S/C19H18N2O3/c1-3-23-15-9-10-16(13(2)11-15)20-18(22)17-12-24-19(21-17)14-7-5-4-6-8-14/h4-12H,3H2,1-2H3,(H,20,22). The third-order valence-electron chi connectivity index (χ3n) is 3.51. The first-order valence-electron chi connectivity index (χ1n) is 7.73. The molecule has 0 spiro atoms. The molecule has 0 saturated heterocycles. The summed E-state index contributed by atoms with van der Waals surface area (Å²) < 4.78 is 10.8. The zero-order chi connectivity index (χ0) is 16.9. The lowest BCUT2D eigenvalue weighted by Gasteiger charge is -2.09. The van der Waals surface area contributed by atoms with Crippen LogP contribution >= 0.6 is 0 Å². The highest BCUT2D eigenvalue weighted by molar-refractivity contribution is 6.03. The number of carbonyl (C=O) groups excluding carboxylic acids is 1. The van der Waals surface area contributed by atoms with Crippen LogP contribution < -0.4 is 10.1 Å². The molecule has 3 rings (SSSR count). The molecule has 0 fully saturated rings. The van der Waals surface area contributed by atoms with Gasteiger partial charge in [-0.3, -0.25) is 4.79 Å². The molecule has 0 saturated carbocycles. The Morgan fingerprint density at radius 1 is 1.21 bits per heavy atom. The van der Waals surface area contributed by atoms with E-state index in [4.69, 9.17) is 9.15 Å². The Kier molecular flexibility index (Phi) is 4.61. The highest BCUT2D eigenvalue weighted by Gasteiger charge is 2.14. The smallest absolute Gasteiger partial charge is 0.277 e. The topological polar surface area (TPSA) is 64.4 Å². The van der Waals surface area contributed by atoms with E-state index in [1.165, 1.54) is 6.26 Å². The van der Waals surface area contributed by atoms with Crippen molar-refractivity contribution >= 4 is 11.6 Å². The number of aromatic nitrogens is 1. The monoisotopic (exact) mass is 322 g/mol. The fourth-order valence-electron chi connectivity index (χ4n) is 2.31. The van der Waals surface area contributed by atoms with Crippen molar-refractivity contribution in [3.8, 4) is 17.2 Å². The number of nitrogens with zero attached hydrogens (tertiary/aromatic N) is 1. The van der Waals surface area contributed by atoms with Crippen molar-refractivity contribution in [1.29, 1.82) is 0 Å². The molecule has 3 aromatic rings. The van der Waals surface area contributed by atoms with E-state index in [0.717, 1.165) is 16.9 Å². The molecule has 0 atom stereocenters. The average Bonchev–Trinajstić information content (AvgIpc) is 3.08. The second-order valence-corrected chi connectivity index (χ2v) is 5.27. The van der Waals surface area contributed by atoms with Crippen LogP contribution in [0.3, 0.4) is 0 Å². The number of ether oxygens (including phenoxy) is 1. The molecule has 0 bridgehead atoms. The number of rotatable bonds is 5. The summed E-state index contributed by atoms with van der Waals surface area (Å²) in [7, 11) is 0.